The van der Waals surface area contributed by atoms with Crippen LogP contribution in [0, 0.1) is 17.8 Å². The maximum atomic E-state index is 5.90. The molecule has 1 saturated carbocycles. The molecule has 0 spiro atoms. The van der Waals surface area contributed by atoms with Crippen LogP contribution < -0.4 is 4.90 Å². The number of rotatable bonds is 6. The smallest absolute Gasteiger partial charge is 0.225 e. The van der Waals surface area contributed by atoms with E-state index in [1.54, 1.807) is 12.4 Å². The van der Waals surface area contributed by atoms with Crippen LogP contribution in [0.1, 0.15) is 48.8 Å². The van der Waals surface area contributed by atoms with Gasteiger partial charge in [-0.1, -0.05) is 29.8 Å². The van der Waals surface area contributed by atoms with Crippen molar-refractivity contribution in [3.05, 3.63) is 52.3 Å². The van der Waals surface area contributed by atoms with E-state index in [1.165, 1.54) is 55.2 Å². The minimum atomic E-state index is 0.604. The summed E-state index contributed by atoms with van der Waals surface area (Å²) in [5.74, 6) is 3.64. The first kappa shape index (κ1) is 18.1. The predicted octanol–water partition coefficient (Wildman–Crippen LogP) is 4.94. The summed E-state index contributed by atoms with van der Waals surface area (Å²) in [7, 11) is 0. The molecule has 5 rings (SSSR count). The van der Waals surface area contributed by atoms with Crippen molar-refractivity contribution in [2.24, 2.45) is 22.7 Å². The Labute approximate surface area is 172 Å². The molecule has 146 valence electrons. The minimum absolute atomic E-state index is 0.604. The molecule has 28 heavy (non-hydrogen) atoms. The van der Waals surface area contributed by atoms with Gasteiger partial charge in [-0.2, -0.15) is 0 Å². The number of anilines is 1. The van der Waals surface area contributed by atoms with Gasteiger partial charge in [-0.25, -0.2) is 9.97 Å². The number of hydrogen-bond acceptors (Lipinski definition) is 4. The molecule has 2 atom stereocenters. The first-order valence-electron chi connectivity index (χ1n) is 10.6. The highest BCUT2D eigenvalue weighted by Crippen LogP contribution is 2.50. The fraction of sp³-hybridized carbons (Fsp3) is 0.522. The Kier molecular flexibility index (Phi) is 5.06. The Morgan fingerprint density at radius 2 is 1.93 bits per heavy atom. The van der Waals surface area contributed by atoms with Gasteiger partial charge in [0.2, 0.25) is 5.95 Å². The molecule has 1 aliphatic carbocycles. The van der Waals surface area contributed by atoms with Gasteiger partial charge >= 0.3 is 0 Å². The molecule has 0 amide bonds. The van der Waals surface area contributed by atoms with Gasteiger partial charge in [0.05, 0.1) is 24.0 Å². The number of fused-ring (bicyclic) bond motifs is 1. The fourth-order valence-corrected chi connectivity index (χ4v) is 5.16. The number of benzene rings is 1. The molecule has 2 aliphatic heterocycles. The number of aromatic nitrogens is 2. The Hall–Kier alpha value is -1.94. The Morgan fingerprint density at radius 1 is 1.11 bits per heavy atom. The summed E-state index contributed by atoms with van der Waals surface area (Å²) >= 11 is 5.90. The molecular formula is C23H27ClN4. The molecule has 3 heterocycles. The maximum Gasteiger partial charge on any atom is 0.225 e. The monoisotopic (exact) mass is 394 g/mol. The average molecular weight is 395 g/mol. The molecule has 1 saturated heterocycles. The molecule has 0 radical (unpaired) electrons. The number of nitrogens with zero attached hydrogens (tertiary/aromatic N) is 4. The zero-order valence-electron chi connectivity index (χ0n) is 16.2. The van der Waals surface area contributed by atoms with Crippen molar-refractivity contribution in [2.45, 2.75) is 45.1 Å². The van der Waals surface area contributed by atoms with E-state index in [2.05, 4.69) is 38.1 Å². The van der Waals surface area contributed by atoms with Gasteiger partial charge in [0, 0.05) is 19.3 Å². The van der Waals surface area contributed by atoms with Crippen molar-refractivity contribution in [2.75, 3.05) is 18.0 Å². The summed E-state index contributed by atoms with van der Waals surface area (Å²) in [4.78, 5) is 15.4. The molecule has 1 unspecified atom stereocenters. The van der Waals surface area contributed by atoms with Crippen molar-refractivity contribution >= 4 is 23.8 Å². The molecule has 3 aliphatic rings. The van der Waals surface area contributed by atoms with E-state index in [0.29, 0.717) is 5.02 Å². The Balaban J connectivity index is 1.05. The van der Waals surface area contributed by atoms with Gasteiger partial charge in [0.25, 0.3) is 0 Å². The second kappa shape index (κ2) is 7.82. The van der Waals surface area contributed by atoms with E-state index in [0.717, 1.165) is 43.3 Å². The average Bonchev–Trinajstić information content (AvgIpc) is 3.34. The first-order chi connectivity index (χ1) is 13.8. The van der Waals surface area contributed by atoms with Gasteiger partial charge in [-0.05, 0) is 73.0 Å². The lowest BCUT2D eigenvalue weighted by atomic mass is 9.90. The second-order valence-corrected chi connectivity index (χ2v) is 9.02. The van der Waals surface area contributed by atoms with E-state index in [9.17, 15) is 0 Å². The van der Waals surface area contributed by atoms with Crippen LogP contribution >= 0.6 is 11.6 Å². The molecule has 1 aromatic carbocycles. The SMILES string of the molecule is Clc1cnc(N2CCC([C@H]3CC3CCCc3ccc4c(c3)CN=C4)CC2)nc1. The van der Waals surface area contributed by atoms with E-state index in [-0.39, 0.29) is 0 Å². The van der Waals surface area contributed by atoms with Crippen LogP contribution in [0.3, 0.4) is 0 Å². The van der Waals surface area contributed by atoms with Gasteiger partial charge in [0.15, 0.2) is 0 Å². The van der Waals surface area contributed by atoms with Crippen molar-refractivity contribution < 1.29 is 0 Å². The third kappa shape index (κ3) is 3.93. The zero-order chi connectivity index (χ0) is 18.9. The van der Waals surface area contributed by atoms with E-state index >= 15 is 0 Å². The predicted molar refractivity (Wildman–Crippen MR) is 114 cm³/mol. The van der Waals surface area contributed by atoms with E-state index in [1.807, 2.05) is 6.21 Å². The Morgan fingerprint density at radius 3 is 2.75 bits per heavy atom. The van der Waals surface area contributed by atoms with Crippen LogP contribution in [-0.2, 0) is 13.0 Å². The van der Waals surface area contributed by atoms with Crippen molar-refractivity contribution in [3.8, 4) is 0 Å². The van der Waals surface area contributed by atoms with Crippen molar-refractivity contribution in [1.29, 1.82) is 0 Å². The lowest BCUT2D eigenvalue weighted by Gasteiger charge is -2.32. The van der Waals surface area contributed by atoms with E-state index < -0.39 is 0 Å². The number of aryl methyl sites for hydroxylation is 1. The molecule has 0 N–H and O–H groups in total. The normalized spacial score (nSPS) is 23.8. The molecule has 1 aromatic heterocycles. The quantitative estimate of drug-likeness (QED) is 0.696. The standard InChI is InChI=1S/C23H27ClN4/c24-21-14-26-23(27-15-21)28-8-6-17(7-9-28)22-11-18(22)3-1-2-16-4-5-19-12-25-13-20(19)10-16/h4-5,10,12,14-15,17-18,22H,1-3,6-9,11,13H2/t18?,22-/m1/s1. The number of hydrogen-bond donors (Lipinski definition) is 0. The molecule has 2 aromatic rings. The molecular weight excluding hydrogens is 368 g/mol. The van der Waals surface area contributed by atoms with Crippen LogP contribution in [-0.4, -0.2) is 29.3 Å². The summed E-state index contributed by atoms with van der Waals surface area (Å²) in [5.41, 5.74) is 4.19. The van der Waals surface area contributed by atoms with Crippen LogP contribution in [0.2, 0.25) is 5.02 Å². The second-order valence-electron chi connectivity index (χ2n) is 8.58. The minimum Gasteiger partial charge on any atom is -0.341 e. The largest absolute Gasteiger partial charge is 0.341 e. The highest BCUT2D eigenvalue weighted by molar-refractivity contribution is 6.30. The molecule has 0 bridgehead atoms. The highest BCUT2D eigenvalue weighted by atomic mass is 35.5. The third-order valence-electron chi connectivity index (χ3n) is 6.75. The van der Waals surface area contributed by atoms with Crippen molar-refractivity contribution in [3.63, 3.8) is 0 Å². The summed E-state index contributed by atoms with van der Waals surface area (Å²) in [6, 6.07) is 6.88. The number of piperidine rings is 1. The first-order valence-corrected chi connectivity index (χ1v) is 11.0. The topological polar surface area (TPSA) is 41.4 Å². The summed E-state index contributed by atoms with van der Waals surface area (Å²) < 4.78 is 0. The van der Waals surface area contributed by atoms with Gasteiger partial charge in [-0.3, -0.25) is 4.99 Å². The number of aliphatic imine (C=N–C) groups is 1. The summed E-state index contributed by atoms with van der Waals surface area (Å²) in [6.07, 6.45) is 13.3. The van der Waals surface area contributed by atoms with Gasteiger partial charge < -0.3 is 4.90 Å². The van der Waals surface area contributed by atoms with Crippen LogP contribution in [0.4, 0.5) is 5.95 Å². The zero-order valence-corrected chi connectivity index (χ0v) is 17.0. The Bertz CT molecular complexity index is 855. The van der Waals surface area contributed by atoms with Crippen molar-refractivity contribution in [1.82, 2.24) is 9.97 Å². The summed E-state index contributed by atoms with van der Waals surface area (Å²) in [5, 5.41) is 0.604. The lowest BCUT2D eigenvalue weighted by molar-refractivity contribution is 0.341. The summed E-state index contributed by atoms with van der Waals surface area (Å²) in [6.45, 7) is 3.02. The van der Waals surface area contributed by atoms with Crippen LogP contribution in [0.25, 0.3) is 0 Å². The lowest BCUT2D eigenvalue weighted by Crippen LogP contribution is -2.35. The van der Waals surface area contributed by atoms with E-state index in [4.69, 9.17) is 11.6 Å². The van der Waals surface area contributed by atoms with Gasteiger partial charge in [-0.15, -0.1) is 0 Å². The third-order valence-corrected chi connectivity index (χ3v) is 6.95. The fourth-order valence-electron chi connectivity index (χ4n) is 5.06. The molecule has 2 fully saturated rings. The van der Waals surface area contributed by atoms with Crippen LogP contribution in [0.15, 0.2) is 35.6 Å². The van der Waals surface area contributed by atoms with Crippen LogP contribution in [0.5, 0.6) is 0 Å². The van der Waals surface area contributed by atoms with Gasteiger partial charge in [0.1, 0.15) is 0 Å². The maximum absolute atomic E-state index is 5.90. The number of halogens is 1. The molecule has 4 nitrogen and oxygen atoms in total. The highest BCUT2D eigenvalue weighted by Gasteiger charge is 2.42. The molecule has 5 heteroatoms.